The molecule has 0 aliphatic carbocycles. The molecule has 1 saturated heterocycles. The van der Waals surface area contributed by atoms with Crippen molar-refractivity contribution >= 4 is 0 Å². The Morgan fingerprint density at radius 2 is 2.30 bits per heavy atom. The maximum Gasteiger partial charge on any atom is 0.0496 e. The summed E-state index contributed by atoms with van der Waals surface area (Å²) in [5.41, 5.74) is 0.149. The molecule has 1 fully saturated rings. The molecule has 0 saturated carbocycles. The summed E-state index contributed by atoms with van der Waals surface area (Å²) in [7, 11) is 0. The molecule has 1 unspecified atom stereocenters. The van der Waals surface area contributed by atoms with E-state index in [-0.39, 0.29) is 5.41 Å². The Hall–Kier alpha value is -0.0800. The van der Waals surface area contributed by atoms with Crippen LogP contribution in [-0.4, -0.2) is 24.8 Å². The van der Waals surface area contributed by atoms with E-state index in [1.807, 2.05) is 0 Å². The third-order valence-electron chi connectivity index (χ3n) is 2.32. The van der Waals surface area contributed by atoms with Gasteiger partial charge in [0.05, 0.1) is 0 Å². The molecule has 10 heavy (non-hydrogen) atoms. The van der Waals surface area contributed by atoms with Crippen molar-refractivity contribution in [3.05, 3.63) is 0 Å². The van der Waals surface area contributed by atoms with Crippen LogP contribution in [0.1, 0.15) is 26.2 Å². The molecule has 1 aliphatic rings. The van der Waals surface area contributed by atoms with E-state index in [1.54, 1.807) is 0 Å². The second kappa shape index (κ2) is 3.35. The van der Waals surface area contributed by atoms with Crippen molar-refractivity contribution < 1.29 is 5.11 Å². The fourth-order valence-electron chi connectivity index (χ4n) is 1.42. The SMILES string of the molecule is CC1(CO)CCCCNC1. The van der Waals surface area contributed by atoms with Gasteiger partial charge >= 0.3 is 0 Å². The van der Waals surface area contributed by atoms with Crippen LogP contribution in [0, 0.1) is 5.41 Å². The van der Waals surface area contributed by atoms with Crippen molar-refractivity contribution in [3.63, 3.8) is 0 Å². The summed E-state index contributed by atoms with van der Waals surface area (Å²) in [6.07, 6.45) is 3.68. The molecule has 1 aliphatic heterocycles. The van der Waals surface area contributed by atoms with Crippen LogP contribution in [0.15, 0.2) is 0 Å². The smallest absolute Gasteiger partial charge is 0.0496 e. The predicted molar refractivity (Wildman–Crippen MR) is 41.9 cm³/mol. The number of aliphatic hydroxyl groups is 1. The number of hydrogen-bond donors (Lipinski definition) is 2. The lowest BCUT2D eigenvalue weighted by Crippen LogP contribution is -2.32. The molecule has 2 nitrogen and oxygen atoms in total. The maximum absolute atomic E-state index is 9.04. The molecular formula is C8H17NO. The molecule has 0 radical (unpaired) electrons. The minimum Gasteiger partial charge on any atom is -0.396 e. The van der Waals surface area contributed by atoms with Crippen LogP contribution in [0.5, 0.6) is 0 Å². The van der Waals surface area contributed by atoms with Gasteiger partial charge in [0, 0.05) is 18.6 Å². The third kappa shape index (κ3) is 1.96. The summed E-state index contributed by atoms with van der Waals surface area (Å²) in [6.45, 7) is 4.56. The zero-order valence-electron chi connectivity index (χ0n) is 6.69. The summed E-state index contributed by atoms with van der Waals surface area (Å²) < 4.78 is 0. The van der Waals surface area contributed by atoms with Gasteiger partial charge in [0.2, 0.25) is 0 Å². The predicted octanol–water partition coefficient (Wildman–Crippen LogP) is 0.758. The molecule has 1 heterocycles. The fraction of sp³-hybridized carbons (Fsp3) is 1.00. The van der Waals surface area contributed by atoms with E-state index in [0.29, 0.717) is 6.61 Å². The van der Waals surface area contributed by atoms with Crippen molar-refractivity contribution in [1.82, 2.24) is 5.32 Å². The van der Waals surface area contributed by atoms with Gasteiger partial charge in [-0.1, -0.05) is 13.3 Å². The van der Waals surface area contributed by atoms with Crippen LogP contribution < -0.4 is 5.32 Å². The lowest BCUT2D eigenvalue weighted by Gasteiger charge is -2.24. The standard InChI is InChI=1S/C8H17NO/c1-8(7-10)4-2-3-5-9-6-8/h9-10H,2-7H2,1H3. The van der Waals surface area contributed by atoms with Crippen molar-refractivity contribution in [1.29, 1.82) is 0 Å². The highest BCUT2D eigenvalue weighted by Crippen LogP contribution is 2.24. The zero-order chi connectivity index (χ0) is 7.45. The van der Waals surface area contributed by atoms with Gasteiger partial charge in [0.15, 0.2) is 0 Å². The Morgan fingerprint density at radius 3 is 3.00 bits per heavy atom. The average molecular weight is 143 g/mol. The highest BCUT2D eigenvalue weighted by Gasteiger charge is 2.23. The minimum absolute atomic E-state index is 0.149. The molecule has 2 heteroatoms. The Morgan fingerprint density at radius 1 is 1.50 bits per heavy atom. The molecule has 0 aromatic carbocycles. The minimum atomic E-state index is 0.149. The molecule has 1 rings (SSSR count). The summed E-state index contributed by atoms with van der Waals surface area (Å²) in [6, 6.07) is 0. The van der Waals surface area contributed by atoms with E-state index in [1.165, 1.54) is 12.8 Å². The van der Waals surface area contributed by atoms with E-state index in [9.17, 15) is 0 Å². The molecule has 1 atom stereocenters. The van der Waals surface area contributed by atoms with Crippen molar-refractivity contribution in [2.75, 3.05) is 19.7 Å². The fourth-order valence-corrected chi connectivity index (χ4v) is 1.42. The Labute approximate surface area is 62.6 Å². The number of aliphatic hydroxyl groups excluding tert-OH is 1. The number of hydrogen-bond acceptors (Lipinski definition) is 2. The van der Waals surface area contributed by atoms with Gasteiger partial charge in [-0.3, -0.25) is 0 Å². The quantitative estimate of drug-likeness (QED) is 0.568. The summed E-state index contributed by atoms with van der Waals surface area (Å²) in [5, 5.41) is 12.4. The average Bonchev–Trinajstić information content (AvgIpc) is 2.15. The van der Waals surface area contributed by atoms with Gasteiger partial charge in [0.1, 0.15) is 0 Å². The van der Waals surface area contributed by atoms with Gasteiger partial charge < -0.3 is 10.4 Å². The molecule has 2 N–H and O–H groups in total. The lowest BCUT2D eigenvalue weighted by molar-refractivity contribution is 0.136. The summed E-state index contributed by atoms with van der Waals surface area (Å²) in [5.74, 6) is 0. The first-order valence-electron chi connectivity index (χ1n) is 4.08. The molecule has 0 spiro atoms. The van der Waals surface area contributed by atoms with Gasteiger partial charge in [-0.25, -0.2) is 0 Å². The highest BCUT2D eigenvalue weighted by molar-refractivity contribution is 4.78. The maximum atomic E-state index is 9.04. The second-order valence-corrected chi connectivity index (χ2v) is 3.60. The lowest BCUT2D eigenvalue weighted by atomic mass is 9.87. The normalized spacial score (nSPS) is 35.4. The Balaban J connectivity index is 2.41. The van der Waals surface area contributed by atoms with Gasteiger partial charge in [0.25, 0.3) is 0 Å². The van der Waals surface area contributed by atoms with Crippen molar-refractivity contribution in [3.8, 4) is 0 Å². The van der Waals surface area contributed by atoms with E-state index < -0.39 is 0 Å². The van der Waals surface area contributed by atoms with Crippen LogP contribution in [0.3, 0.4) is 0 Å². The second-order valence-electron chi connectivity index (χ2n) is 3.60. The molecule has 0 amide bonds. The molecule has 0 aromatic heterocycles. The number of rotatable bonds is 1. The summed E-state index contributed by atoms with van der Waals surface area (Å²) >= 11 is 0. The number of nitrogens with one attached hydrogen (secondary N) is 1. The first-order chi connectivity index (χ1) is 4.77. The van der Waals surface area contributed by atoms with Gasteiger partial charge in [-0.2, -0.15) is 0 Å². The van der Waals surface area contributed by atoms with Crippen LogP contribution in [-0.2, 0) is 0 Å². The largest absolute Gasteiger partial charge is 0.396 e. The van der Waals surface area contributed by atoms with E-state index >= 15 is 0 Å². The molecular weight excluding hydrogens is 126 g/mol. The van der Waals surface area contributed by atoms with E-state index in [0.717, 1.165) is 19.5 Å². The Kier molecular flexibility index (Phi) is 2.69. The first-order valence-corrected chi connectivity index (χ1v) is 4.08. The van der Waals surface area contributed by atoms with E-state index in [4.69, 9.17) is 5.11 Å². The third-order valence-corrected chi connectivity index (χ3v) is 2.32. The highest BCUT2D eigenvalue weighted by atomic mass is 16.3. The van der Waals surface area contributed by atoms with Crippen LogP contribution in [0.2, 0.25) is 0 Å². The monoisotopic (exact) mass is 143 g/mol. The van der Waals surface area contributed by atoms with Crippen LogP contribution in [0.25, 0.3) is 0 Å². The van der Waals surface area contributed by atoms with Gasteiger partial charge in [-0.15, -0.1) is 0 Å². The van der Waals surface area contributed by atoms with Crippen molar-refractivity contribution in [2.45, 2.75) is 26.2 Å². The van der Waals surface area contributed by atoms with Crippen LogP contribution >= 0.6 is 0 Å². The van der Waals surface area contributed by atoms with E-state index in [2.05, 4.69) is 12.2 Å². The molecule has 60 valence electrons. The van der Waals surface area contributed by atoms with Gasteiger partial charge in [-0.05, 0) is 19.4 Å². The first kappa shape index (κ1) is 8.02. The Bertz CT molecular complexity index is 95.4. The topological polar surface area (TPSA) is 32.3 Å². The van der Waals surface area contributed by atoms with Crippen LogP contribution in [0.4, 0.5) is 0 Å². The molecule has 0 bridgehead atoms. The summed E-state index contributed by atoms with van der Waals surface area (Å²) in [4.78, 5) is 0. The zero-order valence-corrected chi connectivity index (χ0v) is 6.69. The van der Waals surface area contributed by atoms with Crippen molar-refractivity contribution in [2.24, 2.45) is 5.41 Å². The molecule has 0 aromatic rings.